The van der Waals surface area contributed by atoms with E-state index in [1.165, 1.54) is 18.2 Å². The number of hydrogen-bond acceptors (Lipinski definition) is 4. The summed E-state index contributed by atoms with van der Waals surface area (Å²) in [5.74, 6) is -1.42. The molecule has 8 heteroatoms. The van der Waals surface area contributed by atoms with E-state index in [9.17, 15) is 14.0 Å². The van der Waals surface area contributed by atoms with Gasteiger partial charge in [-0.2, -0.15) is 0 Å². The second-order valence-electron chi connectivity index (χ2n) is 5.65. The molecule has 0 spiro atoms. The second-order valence-corrected chi connectivity index (χ2v) is 6.57. The van der Waals surface area contributed by atoms with Gasteiger partial charge in [0.15, 0.2) is 6.61 Å². The van der Waals surface area contributed by atoms with E-state index in [1.807, 2.05) is 6.92 Å². The van der Waals surface area contributed by atoms with Crippen LogP contribution in [0.4, 0.5) is 10.1 Å². The van der Waals surface area contributed by atoms with Gasteiger partial charge in [0.1, 0.15) is 17.3 Å². The molecule has 2 aromatic carbocycles. The lowest BCUT2D eigenvalue weighted by Gasteiger charge is -2.14. The van der Waals surface area contributed by atoms with E-state index in [1.54, 1.807) is 18.2 Å². The molecule has 2 N–H and O–H groups in total. The first-order chi connectivity index (χ1) is 12.9. The molecular weight excluding hydrogens is 421 g/mol. The van der Waals surface area contributed by atoms with Crippen molar-refractivity contribution < 1.29 is 28.6 Å². The maximum absolute atomic E-state index is 13.9. The number of ether oxygens (including phenoxy) is 2. The molecule has 0 unspecified atom stereocenters. The van der Waals surface area contributed by atoms with E-state index in [4.69, 9.17) is 14.6 Å². The minimum atomic E-state index is -1.14. The van der Waals surface area contributed by atoms with Gasteiger partial charge in [0.2, 0.25) is 5.91 Å². The highest BCUT2D eigenvalue weighted by atomic mass is 79.9. The van der Waals surface area contributed by atoms with Gasteiger partial charge in [-0.05, 0) is 36.2 Å². The largest absolute Gasteiger partial charge is 0.494 e. The van der Waals surface area contributed by atoms with Crippen molar-refractivity contribution in [2.75, 3.05) is 18.5 Å². The number of rotatable bonds is 9. The highest BCUT2D eigenvalue weighted by Gasteiger charge is 2.14. The van der Waals surface area contributed by atoms with Gasteiger partial charge in [0.05, 0.1) is 18.7 Å². The SMILES string of the molecule is CCCOc1ccc(OCC(=O)O)c(NC(=O)Cc2ccc(Br)cc2F)c1. The summed E-state index contributed by atoms with van der Waals surface area (Å²) in [6.45, 7) is 1.89. The lowest BCUT2D eigenvalue weighted by molar-refractivity contribution is -0.139. The number of carboxylic acid groups (broad SMARTS) is 1. The molecule has 6 nitrogen and oxygen atoms in total. The van der Waals surface area contributed by atoms with Crippen molar-refractivity contribution in [3.63, 3.8) is 0 Å². The van der Waals surface area contributed by atoms with E-state index in [0.717, 1.165) is 6.42 Å². The molecule has 0 radical (unpaired) electrons. The Bertz CT molecular complexity index is 828. The Kier molecular flexibility index (Phi) is 7.60. The van der Waals surface area contributed by atoms with E-state index in [0.29, 0.717) is 16.8 Å². The van der Waals surface area contributed by atoms with E-state index >= 15 is 0 Å². The lowest BCUT2D eigenvalue weighted by atomic mass is 10.1. The fourth-order valence-corrected chi connectivity index (χ4v) is 2.55. The smallest absolute Gasteiger partial charge is 0.341 e. The first kappa shape index (κ1) is 20.7. The van der Waals surface area contributed by atoms with Crippen LogP contribution >= 0.6 is 15.9 Å². The van der Waals surface area contributed by atoms with Crippen molar-refractivity contribution in [2.45, 2.75) is 19.8 Å². The Hall–Kier alpha value is -2.61. The standard InChI is InChI=1S/C19H19BrFNO5/c1-2-7-26-14-5-6-17(27-11-19(24)25)16(10-14)22-18(23)8-12-3-4-13(20)9-15(12)21/h3-6,9-10H,2,7-8,11H2,1H3,(H,22,23)(H,24,25). The van der Waals surface area contributed by atoms with Crippen LogP contribution in [0.2, 0.25) is 0 Å². The van der Waals surface area contributed by atoms with Gasteiger partial charge in [0, 0.05) is 10.5 Å². The topological polar surface area (TPSA) is 84.9 Å². The summed E-state index contributed by atoms with van der Waals surface area (Å²) in [5.41, 5.74) is 0.495. The zero-order valence-corrected chi connectivity index (χ0v) is 16.2. The number of nitrogens with one attached hydrogen (secondary N) is 1. The zero-order chi connectivity index (χ0) is 19.8. The molecule has 2 rings (SSSR count). The number of carbonyl (C=O) groups is 2. The second kappa shape index (κ2) is 9.91. The van der Waals surface area contributed by atoms with Crippen molar-refractivity contribution >= 4 is 33.5 Å². The van der Waals surface area contributed by atoms with Crippen LogP contribution in [0.15, 0.2) is 40.9 Å². The van der Waals surface area contributed by atoms with Crippen LogP contribution in [0.3, 0.4) is 0 Å². The Labute approximate surface area is 164 Å². The number of halogens is 2. The van der Waals surface area contributed by atoms with Crippen molar-refractivity contribution in [1.29, 1.82) is 0 Å². The van der Waals surface area contributed by atoms with Crippen LogP contribution in [-0.2, 0) is 16.0 Å². The number of anilines is 1. The van der Waals surface area contributed by atoms with Gasteiger partial charge < -0.3 is 19.9 Å². The number of carbonyl (C=O) groups excluding carboxylic acids is 1. The van der Waals surface area contributed by atoms with Gasteiger partial charge in [-0.1, -0.05) is 28.9 Å². The molecule has 0 saturated carbocycles. The Morgan fingerprint density at radius 2 is 1.96 bits per heavy atom. The molecule has 27 heavy (non-hydrogen) atoms. The van der Waals surface area contributed by atoms with Crippen molar-refractivity contribution in [2.24, 2.45) is 0 Å². The summed E-state index contributed by atoms with van der Waals surface area (Å²) in [7, 11) is 0. The van der Waals surface area contributed by atoms with Crippen LogP contribution < -0.4 is 14.8 Å². The molecule has 0 bridgehead atoms. The predicted octanol–water partition coefficient (Wildman–Crippen LogP) is 4.02. The number of benzene rings is 2. The lowest BCUT2D eigenvalue weighted by Crippen LogP contribution is -2.17. The van der Waals surface area contributed by atoms with Gasteiger partial charge >= 0.3 is 5.97 Å². The summed E-state index contributed by atoms with van der Waals surface area (Å²) in [5, 5.41) is 11.4. The zero-order valence-electron chi connectivity index (χ0n) is 14.6. The Balaban J connectivity index is 2.16. The number of carboxylic acids is 1. The quantitative estimate of drug-likeness (QED) is 0.616. The number of aliphatic carboxylic acids is 1. The van der Waals surface area contributed by atoms with Crippen LogP contribution in [0.25, 0.3) is 0 Å². The highest BCUT2D eigenvalue weighted by Crippen LogP contribution is 2.30. The number of hydrogen-bond donors (Lipinski definition) is 2. The van der Waals surface area contributed by atoms with Crippen LogP contribution in [0.5, 0.6) is 11.5 Å². The third-order valence-corrected chi connectivity index (χ3v) is 3.91. The van der Waals surface area contributed by atoms with Gasteiger partial charge in [-0.15, -0.1) is 0 Å². The van der Waals surface area contributed by atoms with Crippen molar-refractivity contribution in [3.8, 4) is 11.5 Å². The minimum absolute atomic E-state index is 0.183. The molecule has 0 heterocycles. The first-order valence-electron chi connectivity index (χ1n) is 8.24. The Morgan fingerprint density at radius 3 is 2.63 bits per heavy atom. The molecule has 0 atom stereocenters. The normalized spacial score (nSPS) is 10.3. The molecule has 144 valence electrons. The monoisotopic (exact) mass is 439 g/mol. The molecule has 0 aromatic heterocycles. The molecule has 0 aliphatic rings. The maximum atomic E-state index is 13.9. The third kappa shape index (κ3) is 6.56. The van der Waals surface area contributed by atoms with Gasteiger partial charge in [-0.3, -0.25) is 4.79 Å². The molecule has 2 aromatic rings. The van der Waals surface area contributed by atoms with Crippen LogP contribution in [-0.4, -0.2) is 30.2 Å². The third-order valence-electron chi connectivity index (χ3n) is 3.42. The maximum Gasteiger partial charge on any atom is 0.341 e. The Morgan fingerprint density at radius 1 is 1.19 bits per heavy atom. The van der Waals surface area contributed by atoms with Crippen LogP contribution in [0, 0.1) is 5.82 Å². The van der Waals surface area contributed by atoms with Crippen molar-refractivity contribution in [1.82, 2.24) is 0 Å². The first-order valence-corrected chi connectivity index (χ1v) is 9.03. The summed E-state index contributed by atoms with van der Waals surface area (Å²) < 4.78 is 25.2. The predicted molar refractivity (Wildman–Crippen MR) is 102 cm³/mol. The highest BCUT2D eigenvalue weighted by molar-refractivity contribution is 9.10. The van der Waals surface area contributed by atoms with E-state index in [-0.39, 0.29) is 23.4 Å². The fraction of sp³-hybridized carbons (Fsp3) is 0.263. The molecular formula is C19H19BrFNO5. The van der Waals surface area contributed by atoms with Gasteiger partial charge in [0.25, 0.3) is 0 Å². The average molecular weight is 440 g/mol. The van der Waals surface area contributed by atoms with Crippen LogP contribution in [0.1, 0.15) is 18.9 Å². The molecule has 0 saturated heterocycles. The van der Waals surface area contributed by atoms with Crippen molar-refractivity contribution in [3.05, 3.63) is 52.3 Å². The van der Waals surface area contributed by atoms with E-state index in [2.05, 4.69) is 21.2 Å². The molecule has 0 aliphatic carbocycles. The minimum Gasteiger partial charge on any atom is -0.494 e. The summed E-state index contributed by atoms with van der Waals surface area (Å²) >= 11 is 3.16. The summed E-state index contributed by atoms with van der Waals surface area (Å²) in [6, 6.07) is 9.13. The average Bonchev–Trinajstić information content (AvgIpc) is 2.61. The summed E-state index contributed by atoms with van der Waals surface area (Å²) in [6.07, 6.45) is 0.624. The van der Waals surface area contributed by atoms with E-state index < -0.39 is 24.3 Å². The van der Waals surface area contributed by atoms with Gasteiger partial charge in [-0.25, -0.2) is 9.18 Å². The molecule has 0 fully saturated rings. The summed E-state index contributed by atoms with van der Waals surface area (Å²) in [4.78, 5) is 23.1. The number of amides is 1. The fourth-order valence-electron chi connectivity index (χ4n) is 2.21. The molecule has 1 amide bonds. The molecule has 0 aliphatic heterocycles.